The molecule has 0 saturated carbocycles. The number of benzene rings is 2. The van der Waals surface area contributed by atoms with Crippen LogP contribution >= 0.6 is 0 Å². The molecule has 0 amide bonds. The molecule has 0 aliphatic carbocycles. The minimum Gasteiger partial charge on any atom is -0.470 e. The number of unbranched alkanes of at least 4 members (excludes halogenated alkanes) is 2. The van der Waals surface area contributed by atoms with Gasteiger partial charge in [-0.05, 0) is 36.1 Å². The third-order valence-corrected chi connectivity index (χ3v) is 7.89. The molecule has 2 aromatic rings. The Balaban J connectivity index is 1.55. The van der Waals surface area contributed by atoms with Gasteiger partial charge in [0, 0.05) is 25.6 Å². The van der Waals surface area contributed by atoms with Gasteiger partial charge in [-0.15, -0.1) is 0 Å². The fraction of sp³-hybridized carbons (Fsp3) is 0.655. The average Bonchev–Trinajstić information content (AvgIpc) is 2.84. The van der Waals surface area contributed by atoms with E-state index in [2.05, 4.69) is 69.2 Å². The highest BCUT2D eigenvalue weighted by Crippen LogP contribution is 2.49. The average molecular weight is 453 g/mol. The Kier molecular flexibility index (Phi) is 7.93. The van der Waals surface area contributed by atoms with E-state index in [0.29, 0.717) is 11.8 Å². The van der Waals surface area contributed by atoms with Gasteiger partial charge in [-0.25, -0.2) is 0 Å². The molecular formula is C29H44N2O2. The highest BCUT2D eigenvalue weighted by molar-refractivity contribution is 6.10. The second-order valence-corrected chi connectivity index (χ2v) is 10.2. The SMILES string of the molecule is CCCCC(CC)CC1Nc2ccc3c4c(ccc(c24)O1)N(C)C(CC(CC)CCCC)O3. The highest BCUT2D eigenvalue weighted by atomic mass is 16.5. The van der Waals surface area contributed by atoms with Gasteiger partial charge in [0.2, 0.25) is 0 Å². The Morgan fingerprint density at radius 3 is 2.12 bits per heavy atom. The Morgan fingerprint density at radius 1 is 0.818 bits per heavy atom. The monoisotopic (exact) mass is 452 g/mol. The summed E-state index contributed by atoms with van der Waals surface area (Å²) in [6, 6.07) is 8.79. The summed E-state index contributed by atoms with van der Waals surface area (Å²) in [6.07, 6.45) is 12.4. The zero-order valence-corrected chi connectivity index (χ0v) is 21.5. The molecule has 33 heavy (non-hydrogen) atoms. The van der Waals surface area contributed by atoms with Crippen molar-refractivity contribution in [3.05, 3.63) is 24.3 Å². The Hall–Kier alpha value is -2.10. The molecular weight excluding hydrogens is 408 g/mol. The third kappa shape index (κ3) is 5.05. The molecule has 4 unspecified atom stereocenters. The Morgan fingerprint density at radius 2 is 1.45 bits per heavy atom. The standard InChI is InChI=1S/C29H44N2O2/c1-6-10-12-20(8-3)18-26-30-22-14-16-25-29-23(15-17-24(32-26)28(22)29)31(5)27(33-25)19-21(9-4)13-11-7-2/h14-17,20-21,26-27,30H,6-13,18-19H2,1-5H3. The van der Waals surface area contributed by atoms with Gasteiger partial charge in [-0.1, -0.05) is 79.1 Å². The summed E-state index contributed by atoms with van der Waals surface area (Å²) in [7, 11) is 2.18. The number of ether oxygens (including phenoxy) is 2. The van der Waals surface area contributed by atoms with E-state index >= 15 is 0 Å². The first-order valence-corrected chi connectivity index (χ1v) is 13.5. The molecule has 4 nitrogen and oxygen atoms in total. The molecule has 4 atom stereocenters. The van der Waals surface area contributed by atoms with Crippen LogP contribution in [0.1, 0.15) is 91.9 Å². The minimum absolute atomic E-state index is 0.0393. The molecule has 2 aliphatic rings. The predicted molar refractivity (Wildman–Crippen MR) is 141 cm³/mol. The van der Waals surface area contributed by atoms with Crippen LogP contribution in [0.25, 0.3) is 10.8 Å². The maximum absolute atomic E-state index is 6.60. The van der Waals surface area contributed by atoms with Crippen molar-refractivity contribution in [2.75, 3.05) is 17.3 Å². The highest BCUT2D eigenvalue weighted by Gasteiger charge is 2.32. The summed E-state index contributed by atoms with van der Waals surface area (Å²) >= 11 is 0. The molecule has 0 radical (unpaired) electrons. The number of hydrogen-bond acceptors (Lipinski definition) is 4. The van der Waals surface area contributed by atoms with Crippen LogP contribution < -0.4 is 19.7 Å². The van der Waals surface area contributed by atoms with Crippen LogP contribution in [0.4, 0.5) is 11.4 Å². The lowest BCUT2D eigenvalue weighted by molar-refractivity contribution is 0.158. The van der Waals surface area contributed by atoms with Crippen LogP contribution in [-0.4, -0.2) is 19.5 Å². The molecule has 182 valence electrons. The normalized spacial score (nSPS) is 20.7. The summed E-state index contributed by atoms with van der Waals surface area (Å²) in [5.41, 5.74) is 2.43. The predicted octanol–water partition coefficient (Wildman–Crippen LogP) is 8.34. The van der Waals surface area contributed by atoms with Crippen molar-refractivity contribution in [2.24, 2.45) is 11.8 Å². The smallest absolute Gasteiger partial charge is 0.172 e. The number of anilines is 2. The molecule has 2 aliphatic heterocycles. The second kappa shape index (κ2) is 10.9. The molecule has 0 saturated heterocycles. The first-order valence-electron chi connectivity index (χ1n) is 13.5. The van der Waals surface area contributed by atoms with Crippen molar-refractivity contribution in [1.29, 1.82) is 0 Å². The molecule has 4 heteroatoms. The van der Waals surface area contributed by atoms with Crippen molar-refractivity contribution in [2.45, 2.75) is 104 Å². The first-order chi connectivity index (χ1) is 16.1. The number of nitrogens with one attached hydrogen (secondary N) is 1. The van der Waals surface area contributed by atoms with Crippen molar-refractivity contribution in [3.8, 4) is 11.5 Å². The van der Waals surface area contributed by atoms with Gasteiger partial charge in [-0.2, -0.15) is 0 Å². The van der Waals surface area contributed by atoms with E-state index in [1.54, 1.807) is 0 Å². The molecule has 0 spiro atoms. The number of nitrogens with zero attached hydrogens (tertiary/aromatic N) is 1. The maximum atomic E-state index is 6.60. The van der Waals surface area contributed by atoms with E-state index in [9.17, 15) is 0 Å². The summed E-state index contributed by atoms with van der Waals surface area (Å²) in [6.45, 7) is 9.17. The third-order valence-electron chi connectivity index (χ3n) is 7.89. The van der Waals surface area contributed by atoms with Gasteiger partial charge < -0.3 is 19.7 Å². The van der Waals surface area contributed by atoms with Gasteiger partial charge in [0.15, 0.2) is 12.5 Å². The minimum atomic E-state index is 0.0393. The van der Waals surface area contributed by atoms with E-state index in [-0.39, 0.29) is 12.5 Å². The van der Waals surface area contributed by atoms with Crippen LogP contribution in [0.2, 0.25) is 0 Å². The van der Waals surface area contributed by atoms with Crippen LogP contribution in [-0.2, 0) is 0 Å². The summed E-state index contributed by atoms with van der Waals surface area (Å²) in [5, 5.41) is 6.06. The van der Waals surface area contributed by atoms with Crippen LogP contribution in [0.3, 0.4) is 0 Å². The molecule has 0 bridgehead atoms. The van der Waals surface area contributed by atoms with E-state index in [1.807, 2.05) is 0 Å². The molecule has 0 aromatic heterocycles. The van der Waals surface area contributed by atoms with E-state index < -0.39 is 0 Å². The summed E-state index contributed by atoms with van der Waals surface area (Å²) in [5.74, 6) is 3.39. The van der Waals surface area contributed by atoms with Crippen molar-refractivity contribution in [1.82, 2.24) is 0 Å². The Labute approximate surface area is 201 Å². The Bertz CT molecular complexity index is 915. The van der Waals surface area contributed by atoms with Gasteiger partial charge in [0.05, 0.1) is 16.5 Å². The van der Waals surface area contributed by atoms with E-state index in [0.717, 1.165) is 24.3 Å². The maximum Gasteiger partial charge on any atom is 0.172 e. The fourth-order valence-corrected chi connectivity index (χ4v) is 5.63. The zero-order valence-electron chi connectivity index (χ0n) is 21.5. The zero-order chi connectivity index (χ0) is 23.4. The fourth-order valence-electron chi connectivity index (χ4n) is 5.63. The molecule has 1 N–H and O–H groups in total. The number of hydrogen-bond donors (Lipinski definition) is 1. The molecule has 0 fully saturated rings. The van der Waals surface area contributed by atoms with E-state index in [1.165, 1.54) is 73.5 Å². The lowest BCUT2D eigenvalue weighted by Crippen LogP contribution is -2.41. The summed E-state index contributed by atoms with van der Waals surface area (Å²) in [4.78, 5) is 2.34. The van der Waals surface area contributed by atoms with Gasteiger partial charge >= 0.3 is 0 Å². The summed E-state index contributed by atoms with van der Waals surface area (Å²) < 4.78 is 13.1. The van der Waals surface area contributed by atoms with Gasteiger partial charge in [-0.3, -0.25) is 0 Å². The lowest BCUT2D eigenvalue weighted by Gasteiger charge is -2.39. The lowest BCUT2D eigenvalue weighted by atomic mass is 9.93. The molecule has 2 aromatic carbocycles. The van der Waals surface area contributed by atoms with Crippen molar-refractivity contribution < 1.29 is 9.47 Å². The van der Waals surface area contributed by atoms with Crippen molar-refractivity contribution >= 4 is 22.1 Å². The second-order valence-electron chi connectivity index (χ2n) is 10.2. The van der Waals surface area contributed by atoms with Crippen LogP contribution in [0.15, 0.2) is 24.3 Å². The first kappa shape index (κ1) is 24.0. The largest absolute Gasteiger partial charge is 0.470 e. The molecule has 2 heterocycles. The van der Waals surface area contributed by atoms with Crippen LogP contribution in [0.5, 0.6) is 11.5 Å². The van der Waals surface area contributed by atoms with Crippen molar-refractivity contribution in [3.63, 3.8) is 0 Å². The van der Waals surface area contributed by atoms with Gasteiger partial charge in [0.25, 0.3) is 0 Å². The molecule has 4 rings (SSSR count). The van der Waals surface area contributed by atoms with Gasteiger partial charge in [0.1, 0.15) is 11.5 Å². The van der Waals surface area contributed by atoms with Crippen LogP contribution in [0, 0.1) is 11.8 Å². The quantitative estimate of drug-likeness (QED) is 0.351. The van der Waals surface area contributed by atoms with E-state index in [4.69, 9.17) is 9.47 Å². The topological polar surface area (TPSA) is 33.7 Å². The number of rotatable bonds is 12.